The number of hydrogen-bond acceptors (Lipinski definition) is 2. The Morgan fingerprint density at radius 2 is 2.00 bits per heavy atom. The zero-order valence-corrected chi connectivity index (χ0v) is 14.0. The Balaban J connectivity index is 1.74. The topological polar surface area (TPSA) is 6.48 Å². The van der Waals surface area contributed by atoms with Crippen LogP contribution in [-0.2, 0) is 5.41 Å². The van der Waals surface area contributed by atoms with E-state index in [4.69, 9.17) is 0 Å². The normalized spacial score (nSPS) is 42.9. The first-order valence-corrected chi connectivity index (χ1v) is 9.29. The van der Waals surface area contributed by atoms with Crippen molar-refractivity contribution >= 4 is 5.69 Å². The Labute approximate surface area is 134 Å². The standard InChI is InChI=1S/C20H28N2/c1-3-19-10-6-13-22-14-12-20(18(19)22)15-7-4-5-8-16(15)21(2)17(20)9-11-19/h4-5,7-8,17-18H,3,6,9-14H2,1-2H3/t17-,18+,19-,20-/m1/s1. The molecule has 2 heteroatoms. The van der Waals surface area contributed by atoms with Crippen molar-refractivity contribution in [2.75, 3.05) is 25.0 Å². The fourth-order valence-corrected chi connectivity index (χ4v) is 7.05. The molecule has 3 aliphatic heterocycles. The summed E-state index contributed by atoms with van der Waals surface area (Å²) in [5.74, 6) is 0. The summed E-state index contributed by atoms with van der Waals surface area (Å²) in [5, 5.41) is 0. The molecule has 0 aromatic heterocycles. The van der Waals surface area contributed by atoms with E-state index in [0.717, 1.165) is 12.1 Å². The van der Waals surface area contributed by atoms with Crippen LogP contribution in [0.2, 0.25) is 0 Å². The van der Waals surface area contributed by atoms with Gasteiger partial charge in [-0.25, -0.2) is 0 Å². The largest absolute Gasteiger partial charge is 0.370 e. The van der Waals surface area contributed by atoms with Gasteiger partial charge < -0.3 is 4.90 Å². The summed E-state index contributed by atoms with van der Waals surface area (Å²) >= 11 is 0. The van der Waals surface area contributed by atoms with Crippen LogP contribution in [0.3, 0.4) is 0 Å². The number of piperidine rings is 1. The minimum absolute atomic E-state index is 0.417. The predicted octanol–water partition coefficient (Wildman–Crippen LogP) is 3.80. The first-order chi connectivity index (χ1) is 10.7. The number of likely N-dealkylation sites (N-methyl/N-ethyl adjacent to an activating group) is 1. The average Bonchev–Trinajstić information content (AvgIpc) is 3.08. The van der Waals surface area contributed by atoms with Crippen LogP contribution in [0.5, 0.6) is 0 Å². The molecule has 118 valence electrons. The third kappa shape index (κ3) is 1.33. The average molecular weight is 296 g/mol. The number of rotatable bonds is 1. The molecule has 1 aromatic rings. The van der Waals surface area contributed by atoms with Crippen LogP contribution in [-0.4, -0.2) is 37.1 Å². The highest BCUT2D eigenvalue weighted by Crippen LogP contribution is 2.64. The van der Waals surface area contributed by atoms with Crippen molar-refractivity contribution in [2.24, 2.45) is 5.41 Å². The molecular formula is C20H28N2. The summed E-state index contributed by atoms with van der Waals surface area (Å²) in [6, 6.07) is 10.8. The van der Waals surface area contributed by atoms with E-state index in [-0.39, 0.29) is 0 Å². The Morgan fingerprint density at radius 3 is 2.86 bits per heavy atom. The second kappa shape index (κ2) is 4.29. The van der Waals surface area contributed by atoms with Crippen LogP contribution in [0.15, 0.2) is 24.3 Å². The monoisotopic (exact) mass is 296 g/mol. The summed E-state index contributed by atoms with van der Waals surface area (Å²) in [5.41, 5.74) is 4.20. The van der Waals surface area contributed by atoms with Gasteiger partial charge in [0.2, 0.25) is 0 Å². The molecule has 4 atom stereocenters. The highest BCUT2D eigenvalue weighted by Gasteiger charge is 2.67. The molecule has 1 spiro atoms. The van der Waals surface area contributed by atoms with Crippen molar-refractivity contribution in [3.8, 4) is 0 Å². The number of para-hydroxylation sites is 1. The molecule has 0 N–H and O–H groups in total. The lowest BCUT2D eigenvalue weighted by molar-refractivity contribution is -0.0336. The fraction of sp³-hybridized carbons (Fsp3) is 0.700. The van der Waals surface area contributed by atoms with Crippen molar-refractivity contribution in [3.05, 3.63) is 29.8 Å². The van der Waals surface area contributed by atoms with E-state index in [1.807, 2.05) is 0 Å². The summed E-state index contributed by atoms with van der Waals surface area (Å²) in [4.78, 5) is 5.52. The van der Waals surface area contributed by atoms with Crippen LogP contribution in [0.25, 0.3) is 0 Å². The molecule has 2 saturated heterocycles. The molecule has 0 bridgehead atoms. The van der Waals surface area contributed by atoms with E-state index in [1.54, 1.807) is 5.56 Å². The molecule has 2 nitrogen and oxygen atoms in total. The molecule has 1 saturated carbocycles. The molecule has 3 heterocycles. The van der Waals surface area contributed by atoms with Gasteiger partial charge >= 0.3 is 0 Å². The third-order valence-electron chi connectivity index (χ3n) is 7.83. The molecule has 1 aliphatic carbocycles. The molecule has 1 aromatic carbocycles. The maximum Gasteiger partial charge on any atom is 0.0406 e. The van der Waals surface area contributed by atoms with Crippen LogP contribution < -0.4 is 4.90 Å². The van der Waals surface area contributed by atoms with E-state index >= 15 is 0 Å². The summed E-state index contributed by atoms with van der Waals surface area (Å²) in [6.45, 7) is 5.12. The van der Waals surface area contributed by atoms with Crippen molar-refractivity contribution in [1.29, 1.82) is 0 Å². The van der Waals surface area contributed by atoms with Crippen LogP contribution in [0, 0.1) is 5.41 Å². The van der Waals surface area contributed by atoms with Gasteiger partial charge in [-0.1, -0.05) is 25.1 Å². The van der Waals surface area contributed by atoms with Gasteiger partial charge in [-0.05, 0) is 68.7 Å². The van der Waals surface area contributed by atoms with E-state index in [2.05, 4.69) is 48.0 Å². The Morgan fingerprint density at radius 1 is 1.14 bits per heavy atom. The lowest BCUT2D eigenvalue weighted by atomic mass is 9.52. The zero-order valence-electron chi connectivity index (χ0n) is 14.0. The highest BCUT2D eigenvalue weighted by atomic mass is 15.3. The quantitative estimate of drug-likeness (QED) is 0.778. The van der Waals surface area contributed by atoms with Gasteiger partial charge in [0.05, 0.1) is 0 Å². The maximum atomic E-state index is 2.88. The van der Waals surface area contributed by atoms with Crippen molar-refractivity contribution in [3.63, 3.8) is 0 Å². The molecular weight excluding hydrogens is 268 g/mol. The predicted molar refractivity (Wildman–Crippen MR) is 91.5 cm³/mol. The zero-order chi connectivity index (χ0) is 14.9. The van der Waals surface area contributed by atoms with E-state index < -0.39 is 0 Å². The number of benzene rings is 1. The number of anilines is 1. The smallest absolute Gasteiger partial charge is 0.0406 e. The van der Waals surface area contributed by atoms with Crippen molar-refractivity contribution < 1.29 is 0 Å². The van der Waals surface area contributed by atoms with Gasteiger partial charge in [0, 0.05) is 30.2 Å². The molecule has 4 aliphatic rings. The van der Waals surface area contributed by atoms with Crippen molar-refractivity contribution in [1.82, 2.24) is 4.90 Å². The van der Waals surface area contributed by atoms with Crippen LogP contribution in [0.4, 0.5) is 5.69 Å². The van der Waals surface area contributed by atoms with E-state index in [9.17, 15) is 0 Å². The SMILES string of the molecule is CC[C@@]12CCCN3CC[C@]4(c5ccccc5N(C)[C@@H]4CC1)[C@@H]32. The lowest BCUT2D eigenvalue weighted by Gasteiger charge is -2.58. The second-order valence-corrected chi connectivity index (χ2v) is 8.23. The maximum absolute atomic E-state index is 2.88. The Bertz CT molecular complexity index is 611. The molecule has 0 radical (unpaired) electrons. The summed E-state index contributed by atoms with van der Waals surface area (Å²) in [6.07, 6.45) is 8.46. The Hall–Kier alpha value is -1.02. The van der Waals surface area contributed by atoms with Gasteiger partial charge in [-0.15, -0.1) is 0 Å². The molecule has 0 amide bonds. The molecule has 3 fully saturated rings. The minimum Gasteiger partial charge on any atom is -0.370 e. The van der Waals surface area contributed by atoms with Gasteiger partial charge in [-0.3, -0.25) is 4.90 Å². The molecule has 22 heavy (non-hydrogen) atoms. The lowest BCUT2D eigenvalue weighted by Crippen LogP contribution is -2.64. The molecule has 5 rings (SSSR count). The van der Waals surface area contributed by atoms with E-state index in [0.29, 0.717) is 10.8 Å². The number of nitrogens with zero attached hydrogens (tertiary/aromatic N) is 2. The van der Waals surface area contributed by atoms with Crippen LogP contribution in [0.1, 0.15) is 51.0 Å². The van der Waals surface area contributed by atoms with E-state index in [1.165, 1.54) is 57.3 Å². The number of hydrogen-bond donors (Lipinski definition) is 0. The highest BCUT2D eigenvalue weighted by molar-refractivity contribution is 5.66. The van der Waals surface area contributed by atoms with Gasteiger partial charge in [0.25, 0.3) is 0 Å². The van der Waals surface area contributed by atoms with Gasteiger partial charge in [0.1, 0.15) is 0 Å². The van der Waals surface area contributed by atoms with Crippen LogP contribution >= 0.6 is 0 Å². The Kier molecular flexibility index (Phi) is 2.61. The summed E-state index contributed by atoms with van der Waals surface area (Å²) in [7, 11) is 2.35. The minimum atomic E-state index is 0.417. The van der Waals surface area contributed by atoms with Crippen molar-refractivity contribution in [2.45, 2.75) is 62.9 Å². The fourth-order valence-electron chi connectivity index (χ4n) is 7.05. The summed E-state index contributed by atoms with van der Waals surface area (Å²) < 4.78 is 0. The van der Waals surface area contributed by atoms with Gasteiger partial charge in [0.15, 0.2) is 0 Å². The molecule has 0 unspecified atom stereocenters. The number of fused-ring (bicyclic) bond motifs is 1. The first kappa shape index (κ1) is 13.4. The third-order valence-corrected chi connectivity index (χ3v) is 7.83. The second-order valence-electron chi connectivity index (χ2n) is 8.23. The first-order valence-electron chi connectivity index (χ1n) is 9.29. The van der Waals surface area contributed by atoms with Gasteiger partial charge in [-0.2, -0.15) is 0 Å².